The van der Waals surface area contributed by atoms with Crippen molar-refractivity contribution < 1.29 is 18.2 Å². The van der Waals surface area contributed by atoms with Crippen molar-refractivity contribution in [2.45, 2.75) is 12.3 Å². The molecule has 0 spiro atoms. The van der Waals surface area contributed by atoms with E-state index in [1.54, 1.807) is 6.92 Å². The molecule has 0 bridgehead atoms. The Bertz CT molecular complexity index is 645. The Labute approximate surface area is 110 Å². The normalized spacial score (nSPS) is 12.4. The Balaban J connectivity index is 2.59. The third kappa shape index (κ3) is 2.53. The average Bonchev–Trinajstić information content (AvgIpc) is 2.81. The van der Waals surface area contributed by atoms with E-state index in [9.17, 15) is 18.9 Å². The summed E-state index contributed by atoms with van der Waals surface area (Å²) >= 11 is 5.71. The number of nitro benzene ring substituents is 1. The number of alkyl halides is 1. The zero-order chi connectivity index (χ0) is 14.2. The van der Waals surface area contributed by atoms with Gasteiger partial charge in [-0.25, -0.2) is 8.78 Å². The molecule has 2 aromatic rings. The van der Waals surface area contributed by atoms with Gasteiger partial charge in [0.2, 0.25) is 0 Å². The molecule has 0 aliphatic carbocycles. The molecule has 0 radical (unpaired) electrons. The highest BCUT2D eigenvalue weighted by atomic mass is 35.5. The van der Waals surface area contributed by atoms with Gasteiger partial charge < -0.3 is 4.52 Å². The first-order valence-corrected chi connectivity index (χ1v) is 5.45. The first kappa shape index (κ1) is 13.3. The molecule has 2 rings (SSSR count). The molecule has 1 unspecified atom stereocenters. The van der Waals surface area contributed by atoms with Crippen LogP contribution in [-0.2, 0) is 0 Å². The van der Waals surface area contributed by atoms with Crippen LogP contribution < -0.4 is 0 Å². The molecule has 0 N–H and O–H groups in total. The van der Waals surface area contributed by atoms with Crippen LogP contribution in [0, 0.1) is 21.7 Å². The van der Waals surface area contributed by atoms with E-state index in [-0.39, 0.29) is 17.3 Å². The molecule has 0 fully saturated rings. The van der Waals surface area contributed by atoms with Crippen molar-refractivity contribution in [3.8, 4) is 11.5 Å². The van der Waals surface area contributed by atoms with Crippen molar-refractivity contribution >= 4 is 17.3 Å². The quantitative estimate of drug-likeness (QED) is 0.492. The van der Waals surface area contributed by atoms with Crippen LogP contribution in [0.1, 0.15) is 18.1 Å². The van der Waals surface area contributed by atoms with Gasteiger partial charge in [-0.2, -0.15) is 4.98 Å². The van der Waals surface area contributed by atoms with E-state index in [1.165, 1.54) is 0 Å². The summed E-state index contributed by atoms with van der Waals surface area (Å²) in [6, 6.07) is 1.09. The van der Waals surface area contributed by atoms with Crippen LogP contribution in [0.5, 0.6) is 0 Å². The summed E-state index contributed by atoms with van der Waals surface area (Å²) in [6.07, 6.45) is 0. The lowest BCUT2D eigenvalue weighted by molar-refractivity contribution is -0.384. The lowest BCUT2D eigenvalue weighted by Crippen LogP contribution is -1.96. The van der Waals surface area contributed by atoms with Crippen molar-refractivity contribution in [3.05, 3.63) is 39.7 Å². The Morgan fingerprint density at radius 1 is 1.42 bits per heavy atom. The van der Waals surface area contributed by atoms with Crippen molar-refractivity contribution in [3.63, 3.8) is 0 Å². The van der Waals surface area contributed by atoms with E-state index in [4.69, 9.17) is 16.1 Å². The minimum atomic E-state index is -1.33. The molecule has 1 aromatic heterocycles. The van der Waals surface area contributed by atoms with E-state index >= 15 is 0 Å². The topological polar surface area (TPSA) is 82.1 Å². The summed E-state index contributed by atoms with van der Waals surface area (Å²) < 4.78 is 30.9. The maximum Gasteiger partial charge on any atom is 0.285 e. The van der Waals surface area contributed by atoms with Gasteiger partial charge in [0.1, 0.15) is 5.56 Å². The van der Waals surface area contributed by atoms with Gasteiger partial charge in [-0.3, -0.25) is 10.1 Å². The Morgan fingerprint density at radius 3 is 2.58 bits per heavy atom. The molecule has 0 amide bonds. The maximum atomic E-state index is 13.2. The highest BCUT2D eigenvalue weighted by molar-refractivity contribution is 6.20. The summed E-state index contributed by atoms with van der Waals surface area (Å²) in [5.41, 5.74) is -0.976. The first-order chi connectivity index (χ1) is 8.90. The smallest absolute Gasteiger partial charge is 0.285 e. The summed E-state index contributed by atoms with van der Waals surface area (Å²) in [5.74, 6) is -2.79. The van der Waals surface area contributed by atoms with Gasteiger partial charge in [-0.15, -0.1) is 11.6 Å². The number of benzene rings is 1. The number of hydrogen-bond acceptors (Lipinski definition) is 5. The van der Waals surface area contributed by atoms with Gasteiger partial charge in [-0.05, 0) is 13.0 Å². The van der Waals surface area contributed by atoms with Crippen LogP contribution in [-0.4, -0.2) is 15.1 Å². The van der Waals surface area contributed by atoms with E-state index < -0.39 is 27.6 Å². The van der Waals surface area contributed by atoms with E-state index in [0.29, 0.717) is 12.1 Å². The van der Waals surface area contributed by atoms with Gasteiger partial charge in [0.15, 0.2) is 17.5 Å². The largest absolute Gasteiger partial charge is 0.334 e. The van der Waals surface area contributed by atoms with Gasteiger partial charge in [0, 0.05) is 0 Å². The van der Waals surface area contributed by atoms with Gasteiger partial charge in [-0.1, -0.05) is 5.16 Å². The van der Waals surface area contributed by atoms with Crippen LogP contribution in [0.2, 0.25) is 0 Å². The Morgan fingerprint density at radius 2 is 2.05 bits per heavy atom. The van der Waals surface area contributed by atoms with E-state index in [1.807, 2.05) is 0 Å². The Kier molecular flexibility index (Phi) is 3.43. The fourth-order valence-corrected chi connectivity index (χ4v) is 1.45. The molecule has 1 aromatic carbocycles. The zero-order valence-corrected chi connectivity index (χ0v) is 10.2. The lowest BCUT2D eigenvalue weighted by Gasteiger charge is -1.99. The molecule has 100 valence electrons. The first-order valence-electron chi connectivity index (χ1n) is 5.01. The molecule has 1 atom stereocenters. The number of nitrogens with zero attached hydrogens (tertiary/aromatic N) is 3. The molecule has 9 heteroatoms. The maximum absolute atomic E-state index is 13.2. The second kappa shape index (κ2) is 4.88. The predicted octanol–water partition coefficient (Wildman–Crippen LogP) is 3.22. The predicted molar refractivity (Wildman–Crippen MR) is 60.6 cm³/mol. The SMILES string of the molecule is CC(Cl)c1noc(-c2cc(F)c(F)cc2[N+](=O)[O-])n1. The summed E-state index contributed by atoms with van der Waals surface area (Å²) in [7, 11) is 0. The molecule has 0 saturated carbocycles. The number of aromatic nitrogens is 2. The average molecular weight is 290 g/mol. The number of hydrogen-bond donors (Lipinski definition) is 0. The van der Waals surface area contributed by atoms with Gasteiger partial charge in [0.25, 0.3) is 11.6 Å². The highest BCUT2D eigenvalue weighted by Gasteiger charge is 2.24. The van der Waals surface area contributed by atoms with E-state index in [0.717, 1.165) is 0 Å². The summed E-state index contributed by atoms with van der Waals surface area (Å²) in [6.45, 7) is 1.57. The fraction of sp³-hybridized carbons (Fsp3) is 0.200. The second-order valence-corrected chi connectivity index (χ2v) is 4.27. The minimum Gasteiger partial charge on any atom is -0.334 e. The van der Waals surface area contributed by atoms with Crippen LogP contribution in [0.15, 0.2) is 16.7 Å². The molecular formula is C10H6ClF2N3O3. The summed E-state index contributed by atoms with van der Waals surface area (Å²) in [4.78, 5) is 13.7. The van der Waals surface area contributed by atoms with Crippen LogP contribution in [0.25, 0.3) is 11.5 Å². The standard InChI is InChI=1S/C10H6ClF2N3O3/c1-4(11)9-14-10(19-15-9)5-2-6(12)7(13)3-8(5)16(17)18/h2-4H,1H3. The zero-order valence-electron chi connectivity index (χ0n) is 9.43. The number of halogens is 3. The molecule has 19 heavy (non-hydrogen) atoms. The molecule has 1 heterocycles. The number of nitro groups is 1. The van der Waals surface area contributed by atoms with Gasteiger partial charge in [0.05, 0.1) is 16.4 Å². The lowest BCUT2D eigenvalue weighted by atomic mass is 10.1. The summed E-state index contributed by atoms with van der Waals surface area (Å²) in [5, 5.41) is 13.7. The van der Waals surface area contributed by atoms with Crippen molar-refractivity contribution in [2.24, 2.45) is 0 Å². The molecule has 6 nitrogen and oxygen atoms in total. The molecule has 0 aliphatic rings. The van der Waals surface area contributed by atoms with Crippen molar-refractivity contribution in [2.75, 3.05) is 0 Å². The van der Waals surface area contributed by atoms with Gasteiger partial charge >= 0.3 is 0 Å². The third-order valence-corrected chi connectivity index (χ3v) is 2.46. The number of rotatable bonds is 3. The van der Waals surface area contributed by atoms with Crippen molar-refractivity contribution in [1.82, 2.24) is 10.1 Å². The van der Waals surface area contributed by atoms with E-state index in [2.05, 4.69) is 10.1 Å². The minimum absolute atomic E-state index is 0.0932. The van der Waals surface area contributed by atoms with Crippen molar-refractivity contribution in [1.29, 1.82) is 0 Å². The monoisotopic (exact) mass is 289 g/mol. The fourth-order valence-electron chi connectivity index (χ4n) is 1.36. The molecule has 0 aliphatic heterocycles. The Hall–Kier alpha value is -2.09. The molecular weight excluding hydrogens is 284 g/mol. The highest BCUT2D eigenvalue weighted by Crippen LogP contribution is 2.31. The second-order valence-electron chi connectivity index (χ2n) is 3.61. The van der Waals surface area contributed by atoms with Crippen LogP contribution in [0.3, 0.4) is 0 Å². The van der Waals surface area contributed by atoms with Crippen LogP contribution >= 0.6 is 11.6 Å². The third-order valence-electron chi connectivity index (χ3n) is 2.26. The van der Waals surface area contributed by atoms with Crippen LogP contribution in [0.4, 0.5) is 14.5 Å². The molecule has 0 saturated heterocycles.